The zero-order chi connectivity index (χ0) is 12.5. The van der Waals surface area contributed by atoms with Gasteiger partial charge in [0.25, 0.3) is 0 Å². The second-order valence-electron chi connectivity index (χ2n) is 5.44. The molecule has 0 aliphatic carbocycles. The number of hydrogen-bond acceptors (Lipinski definition) is 1. The Morgan fingerprint density at radius 3 is 2.82 bits per heavy atom. The molecule has 94 valence electrons. The molecule has 0 radical (unpaired) electrons. The summed E-state index contributed by atoms with van der Waals surface area (Å²) in [5, 5.41) is 3.42. The van der Waals surface area contributed by atoms with Gasteiger partial charge in [-0.2, -0.15) is 0 Å². The van der Waals surface area contributed by atoms with Crippen LogP contribution in [0.5, 0.6) is 0 Å². The van der Waals surface area contributed by atoms with Gasteiger partial charge in [-0.3, -0.25) is 0 Å². The molecule has 1 aliphatic heterocycles. The van der Waals surface area contributed by atoms with Crippen molar-refractivity contribution in [3.05, 3.63) is 35.6 Å². The van der Waals surface area contributed by atoms with Gasteiger partial charge in [-0.05, 0) is 26.0 Å². The number of nitrogens with one attached hydrogen (secondary N) is 1. The van der Waals surface area contributed by atoms with Crippen LogP contribution in [-0.4, -0.2) is 37.2 Å². The van der Waals surface area contributed by atoms with E-state index in [-0.39, 0.29) is 5.82 Å². The van der Waals surface area contributed by atoms with Crippen molar-refractivity contribution in [3.8, 4) is 0 Å². The summed E-state index contributed by atoms with van der Waals surface area (Å²) in [6.07, 6.45) is 0. The predicted octanol–water partition coefficient (Wildman–Crippen LogP) is 2.33. The Morgan fingerprint density at radius 1 is 1.41 bits per heavy atom. The van der Waals surface area contributed by atoms with Crippen LogP contribution in [0, 0.1) is 5.82 Å². The molecule has 0 aromatic heterocycles. The first-order chi connectivity index (χ1) is 8.04. The van der Waals surface area contributed by atoms with Crippen molar-refractivity contribution in [2.45, 2.75) is 25.9 Å². The van der Waals surface area contributed by atoms with Crippen molar-refractivity contribution in [3.63, 3.8) is 0 Å². The van der Waals surface area contributed by atoms with E-state index < -0.39 is 0 Å². The van der Waals surface area contributed by atoms with Gasteiger partial charge in [0.1, 0.15) is 11.9 Å². The van der Waals surface area contributed by atoms with Crippen LogP contribution >= 0.6 is 0 Å². The number of halogens is 1. The highest BCUT2D eigenvalue weighted by atomic mass is 19.1. The number of piperazine rings is 1. The maximum absolute atomic E-state index is 13.3. The molecule has 0 bridgehead atoms. The van der Waals surface area contributed by atoms with Crippen molar-refractivity contribution >= 4 is 0 Å². The number of rotatable bonds is 2. The molecule has 3 heteroatoms. The number of hydrogen-bond donors (Lipinski definition) is 1. The third kappa shape index (κ3) is 2.35. The first-order valence-corrected chi connectivity index (χ1v) is 6.35. The molecule has 0 spiro atoms. The summed E-state index contributed by atoms with van der Waals surface area (Å²) in [7, 11) is 2.28. The summed E-state index contributed by atoms with van der Waals surface area (Å²) in [5.41, 5.74) is 1.11. The number of benzene rings is 1. The van der Waals surface area contributed by atoms with Gasteiger partial charge in [-0.25, -0.2) is 4.39 Å². The lowest BCUT2D eigenvalue weighted by Crippen LogP contribution is -2.61. The zero-order valence-corrected chi connectivity index (χ0v) is 10.9. The van der Waals surface area contributed by atoms with Crippen molar-refractivity contribution in [2.24, 2.45) is 0 Å². The van der Waals surface area contributed by atoms with Gasteiger partial charge >= 0.3 is 0 Å². The van der Waals surface area contributed by atoms with Crippen molar-refractivity contribution in [1.82, 2.24) is 5.32 Å². The average Bonchev–Trinajstić information content (AvgIpc) is 2.29. The van der Waals surface area contributed by atoms with Gasteiger partial charge in [-0.15, -0.1) is 0 Å². The second-order valence-corrected chi connectivity index (χ2v) is 5.44. The van der Waals surface area contributed by atoms with Gasteiger partial charge in [0.2, 0.25) is 0 Å². The van der Waals surface area contributed by atoms with E-state index in [0.717, 1.165) is 29.7 Å². The van der Waals surface area contributed by atoms with E-state index in [1.165, 1.54) is 6.07 Å². The van der Waals surface area contributed by atoms with E-state index in [1.807, 2.05) is 12.1 Å². The van der Waals surface area contributed by atoms with Crippen LogP contribution in [-0.2, 0) is 0 Å². The quantitative estimate of drug-likeness (QED) is 0.778. The predicted molar refractivity (Wildman–Crippen MR) is 68.2 cm³/mol. The molecule has 1 fully saturated rings. The first-order valence-electron chi connectivity index (χ1n) is 6.35. The Balaban J connectivity index is 2.34. The Kier molecular flexibility index (Phi) is 3.50. The van der Waals surface area contributed by atoms with Crippen LogP contribution in [0.4, 0.5) is 4.39 Å². The lowest BCUT2D eigenvalue weighted by atomic mass is 9.98. The molecule has 0 saturated carbocycles. The molecule has 17 heavy (non-hydrogen) atoms. The highest BCUT2D eigenvalue weighted by Crippen LogP contribution is 2.31. The molecule has 1 N–H and O–H groups in total. The average molecular weight is 237 g/mol. The van der Waals surface area contributed by atoms with Gasteiger partial charge in [0.05, 0.1) is 26.2 Å². The standard InChI is InChI=1S/C14H22FN2/c1-11(2)17(3)8-7-16-10-14(17)12-5-4-6-13(15)9-12/h4-6,9,11,14,16H,7-8,10H2,1-3H3/q+1. The fourth-order valence-corrected chi connectivity index (χ4v) is 2.71. The third-order valence-corrected chi connectivity index (χ3v) is 4.23. The summed E-state index contributed by atoms with van der Waals surface area (Å²) < 4.78 is 14.3. The molecule has 1 aliphatic rings. The van der Waals surface area contributed by atoms with Crippen LogP contribution in [0.2, 0.25) is 0 Å². The summed E-state index contributed by atoms with van der Waals surface area (Å²) in [6.45, 7) is 7.56. The van der Waals surface area contributed by atoms with E-state index in [9.17, 15) is 4.39 Å². The molecule has 2 rings (SSSR count). The first kappa shape index (κ1) is 12.5. The van der Waals surface area contributed by atoms with E-state index in [0.29, 0.717) is 12.1 Å². The smallest absolute Gasteiger partial charge is 0.127 e. The molecule has 1 aromatic rings. The minimum Gasteiger partial charge on any atom is -0.316 e. The fourth-order valence-electron chi connectivity index (χ4n) is 2.71. The van der Waals surface area contributed by atoms with Crippen LogP contribution in [0.3, 0.4) is 0 Å². The van der Waals surface area contributed by atoms with Crippen LogP contribution in [0.1, 0.15) is 25.5 Å². The molecule has 2 unspecified atom stereocenters. The fraction of sp³-hybridized carbons (Fsp3) is 0.571. The lowest BCUT2D eigenvalue weighted by molar-refractivity contribution is -0.960. The van der Waals surface area contributed by atoms with Crippen molar-refractivity contribution < 1.29 is 8.87 Å². The molecule has 2 nitrogen and oxygen atoms in total. The molecule has 1 heterocycles. The Bertz CT molecular complexity index is 392. The molecular formula is C14H22FN2+. The maximum atomic E-state index is 13.3. The Hall–Kier alpha value is -0.930. The molecular weight excluding hydrogens is 215 g/mol. The molecule has 0 amide bonds. The number of likely N-dealkylation sites (N-methyl/N-ethyl adjacent to an activating group) is 1. The second kappa shape index (κ2) is 4.75. The Labute approximate surface area is 103 Å². The number of quaternary nitrogens is 1. The largest absolute Gasteiger partial charge is 0.316 e. The summed E-state index contributed by atoms with van der Waals surface area (Å²) in [4.78, 5) is 0. The zero-order valence-electron chi connectivity index (χ0n) is 10.9. The van der Waals surface area contributed by atoms with Crippen LogP contribution in [0.15, 0.2) is 24.3 Å². The minimum absolute atomic E-state index is 0.136. The summed E-state index contributed by atoms with van der Waals surface area (Å²) in [6, 6.07) is 7.93. The summed E-state index contributed by atoms with van der Waals surface area (Å²) >= 11 is 0. The van der Waals surface area contributed by atoms with Crippen LogP contribution in [0.25, 0.3) is 0 Å². The van der Waals surface area contributed by atoms with E-state index >= 15 is 0 Å². The van der Waals surface area contributed by atoms with Crippen molar-refractivity contribution in [1.29, 1.82) is 0 Å². The SMILES string of the molecule is CC(C)[N+]1(C)CCNCC1c1cccc(F)c1. The molecule has 2 atom stereocenters. The highest BCUT2D eigenvalue weighted by Gasteiger charge is 2.38. The highest BCUT2D eigenvalue weighted by molar-refractivity contribution is 5.19. The van der Waals surface area contributed by atoms with Gasteiger partial charge in [-0.1, -0.05) is 12.1 Å². The topological polar surface area (TPSA) is 12.0 Å². The molecule has 1 saturated heterocycles. The van der Waals surface area contributed by atoms with Gasteiger partial charge in [0, 0.05) is 12.1 Å². The third-order valence-electron chi connectivity index (χ3n) is 4.23. The van der Waals surface area contributed by atoms with Crippen LogP contribution < -0.4 is 5.32 Å². The van der Waals surface area contributed by atoms with E-state index in [1.54, 1.807) is 6.07 Å². The van der Waals surface area contributed by atoms with Crippen molar-refractivity contribution in [2.75, 3.05) is 26.7 Å². The Morgan fingerprint density at radius 2 is 2.18 bits per heavy atom. The summed E-state index contributed by atoms with van der Waals surface area (Å²) in [5.74, 6) is -0.136. The number of nitrogens with zero attached hydrogens (tertiary/aromatic N) is 1. The monoisotopic (exact) mass is 237 g/mol. The maximum Gasteiger partial charge on any atom is 0.127 e. The normalized spacial score (nSPS) is 29.6. The van der Waals surface area contributed by atoms with Gasteiger partial charge < -0.3 is 9.80 Å². The molecule has 1 aromatic carbocycles. The van der Waals surface area contributed by atoms with Gasteiger partial charge in [0.15, 0.2) is 0 Å². The lowest BCUT2D eigenvalue weighted by Gasteiger charge is -2.48. The van der Waals surface area contributed by atoms with E-state index in [4.69, 9.17) is 0 Å². The minimum atomic E-state index is -0.136. The van der Waals surface area contributed by atoms with E-state index in [2.05, 4.69) is 26.2 Å².